The molecule has 0 fully saturated rings. The Kier molecular flexibility index (Phi) is 3.35. The van der Waals surface area contributed by atoms with Gasteiger partial charge in [-0.1, -0.05) is 54.6 Å². The SMILES string of the molecule is Cc1ccccc1C(=O)C(O)c1ccccc1. The van der Waals surface area contributed by atoms with Gasteiger partial charge < -0.3 is 5.11 Å². The summed E-state index contributed by atoms with van der Waals surface area (Å²) in [5.74, 6) is -0.255. The Bertz CT molecular complexity index is 517. The summed E-state index contributed by atoms with van der Waals surface area (Å²) in [6, 6.07) is 16.3. The van der Waals surface area contributed by atoms with Crippen LogP contribution in [0.15, 0.2) is 54.6 Å². The standard InChI is InChI=1S/C15H14O2/c1-11-7-5-6-10-13(11)15(17)14(16)12-8-3-2-4-9-12/h2-10,14,16H,1H3. The fraction of sp³-hybridized carbons (Fsp3) is 0.133. The van der Waals surface area contributed by atoms with Gasteiger partial charge >= 0.3 is 0 Å². The Labute approximate surface area is 101 Å². The third-order valence-electron chi connectivity index (χ3n) is 2.77. The van der Waals surface area contributed by atoms with Gasteiger partial charge in [-0.15, -0.1) is 0 Å². The average molecular weight is 226 g/mol. The van der Waals surface area contributed by atoms with Crippen molar-refractivity contribution < 1.29 is 9.90 Å². The lowest BCUT2D eigenvalue weighted by Gasteiger charge is -2.11. The van der Waals surface area contributed by atoms with E-state index in [1.165, 1.54) is 0 Å². The molecule has 1 atom stereocenters. The van der Waals surface area contributed by atoms with Crippen LogP contribution in [0.1, 0.15) is 27.6 Å². The number of Topliss-reactive ketones (excluding diaryl/α,β-unsaturated/α-hetero) is 1. The van der Waals surface area contributed by atoms with E-state index in [-0.39, 0.29) is 5.78 Å². The normalized spacial score (nSPS) is 12.1. The lowest BCUT2D eigenvalue weighted by molar-refractivity contribution is 0.0747. The van der Waals surface area contributed by atoms with E-state index < -0.39 is 6.10 Å². The highest BCUT2D eigenvalue weighted by molar-refractivity contribution is 6.01. The molecule has 2 aromatic carbocycles. The highest BCUT2D eigenvalue weighted by Gasteiger charge is 2.19. The molecule has 0 aliphatic heterocycles. The summed E-state index contributed by atoms with van der Waals surface area (Å²) in [6.07, 6.45) is -1.09. The van der Waals surface area contributed by atoms with E-state index >= 15 is 0 Å². The summed E-state index contributed by atoms with van der Waals surface area (Å²) >= 11 is 0. The van der Waals surface area contributed by atoms with Crippen molar-refractivity contribution >= 4 is 5.78 Å². The molecule has 86 valence electrons. The van der Waals surface area contributed by atoms with Crippen molar-refractivity contribution in [3.05, 3.63) is 71.3 Å². The van der Waals surface area contributed by atoms with Crippen molar-refractivity contribution in [2.24, 2.45) is 0 Å². The molecule has 0 heterocycles. The predicted octanol–water partition coefficient (Wildman–Crippen LogP) is 2.91. The zero-order valence-corrected chi connectivity index (χ0v) is 9.63. The molecule has 2 rings (SSSR count). The highest BCUT2D eigenvalue weighted by Crippen LogP contribution is 2.19. The van der Waals surface area contributed by atoms with E-state index in [1.54, 1.807) is 24.3 Å². The summed E-state index contributed by atoms with van der Waals surface area (Å²) < 4.78 is 0. The number of carbonyl (C=O) groups is 1. The molecule has 2 nitrogen and oxygen atoms in total. The minimum Gasteiger partial charge on any atom is -0.380 e. The van der Waals surface area contributed by atoms with E-state index in [0.717, 1.165) is 5.56 Å². The van der Waals surface area contributed by atoms with Crippen LogP contribution < -0.4 is 0 Å². The van der Waals surface area contributed by atoms with Gasteiger partial charge in [0.1, 0.15) is 6.10 Å². The zero-order chi connectivity index (χ0) is 12.3. The number of rotatable bonds is 3. The van der Waals surface area contributed by atoms with Crippen molar-refractivity contribution in [2.45, 2.75) is 13.0 Å². The molecule has 0 aliphatic rings. The maximum absolute atomic E-state index is 12.1. The van der Waals surface area contributed by atoms with Crippen LogP contribution in [0.4, 0.5) is 0 Å². The molecular weight excluding hydrogens is 212 g/mol. The average Bonchev–Trinajstić information content (AvgIpc) is 2.39. The Morgan fingerprint density at radius 1 is 1.00 bits per heavy atom. The smallest absolute Gasteiger partial charge is 0.196 e. The number of aryl methyl sites for hydroxylation is 1. The fourth-order valence-electron chi connectivity index (χ4n) is 1.78. The highest BCUT2D eigenvalue weighted by atomic mass is 16.3. The summed E-state index contributed by atoms with van der Waals surface area (Å²) in [6.45, 7) is 1.87. The largest absolute Gasteiger partial charge is 0.380 e. The number of hydrogen-bond donors (Lipinski definition) is 1. The molecule has 2 aromatic rings. The number of aliphatic hydroxyl groups is 1. The molecule has 0 spiro atoms. The van der Waals surface area contributed by atoms with Gasteiger partial charge in [0.05, 0.1) is 0 Å². The van der Waals surface area contributed by atoms with Crippen LogP contribution in [-0.4, -0.2) is 10.9 Å². The number of carbonyl (C=O) groups excluding carboxylic acids is 1. The first kappa shape index (κ1) is 11.6. The van der Waals surface area contributed by atoms with Gasteiger partial charge in [-0.05, 0) is 18.1 Å². The van der Waals surface area contributed by atoms with Crippen LogP contribution in [-0.2, 0) is 0 Å². The Hall–Kier alpha value is -1.93. The van der Waals surface area contributed by atoms with Gasteiger partial charge in [0.15, 0.2) is 5.78 Å². The lowest BCUT2D eigenvalue weighted by Crippen LogP contribution is -2.13. The molecule has 0 saturated heterocycles. The van der Waals surface area contributed by atoms with Crippen molar-refractivity contribution in [1.82, 2.24) is 0 Å². The Morgan fingerprint density at radius 2 is 1.59 bits per heavy atom. The van der Waals surface area contributed by atoms with Crippen LogP contribution in [0.2, 0.25) is 0 Å². The maximum atomic E-state index is 12.1. The molecule has 0 saturated carbocycles. The number of benzene rings is 2. The fourth-order valence-corrected chi connectivity index (χ4v) is 1.78. The summed E-state index contributed by atoms with van der Waals surface area (Å²) in [7, 11) is 0. The van der Waals surface area contributed by atoms with Crippen molar-refractivity contribution in [3.63, 3.8) is 0 Å². The van der Waals surface area contributed by atoms with Gasteiger partial charge in [-0.3, -0.25) is 4.79 Å². The van der Waals surface area contributed by atoms with Gasteiger partial charge in [0.2, 0.25) is 0 Å². The van der Waals surface area contributed by atoms with Crippen LogP contribution in [0.3, 0.4) is 0 Å². The second-order valence-corrected chi connectivity index (χ2v) is 3.99. The van der Waals surface area contributed by atoms with Gasteiger partial charge in [-0.2, -0.15) is 0 Å². The van der Waals surface area contributed by atoms with Gasteiger partial charge in [-0.25, -0.2) is 0 Å². The lowest BCUT2D eigenvalue weighted by atomic mass is 9.97. The number of hydrogen-bond acceptors (Lipinski definition) is 2. The van der Waals surface area contributed by atoms with Gasteiger partial charge in [0, 0.05) is 5.56 Å². The molecule has 1 unspecified atom stereocenters. The minimum absolute atomic E-state index is 0.255. The van der Waals surface area contributed by atoms with Crippen LogP contribution in [0, 0.1) is 6.92 Å². The molecule has 17 heavy (non-hydrogen) atoms. The van der Waals surface area contributed by atoms with Crippen molar-refractivity contribution in [2.75, 3.05) is 0 Å². The molecule has 1 N–H and O–H groups in total. The predicted molar refractivity (Wildman–Crippen MR) is 66.9 cm³/mol. The Balaban J connectivity index is 2.30. The molecule has 0 aromatic heterocycles. The van der Waals surface area contributed by atoms with Crippen LogP contribution >= 0.6 is 0 Å². The first-order chi connectivity index (χ1) is 8.20. The Morgan fingerprint density at radius 3 is 2.24 bits per heavy atom. The zero-order valence-electron chi connectivity index (χ0n) is 9.63. The molecule has 2 heteroatoms. The molecule has 0 aliphatic carbocycles. The van der Waals surface area contributed by atoms with E-state index in [9.17, 15) is 9.90 Å². The molecule has 0 amide bonds. The molecule has 0 bridgehead atoms. The van der Waals surface area contributed by atoms with Gasteiger partial charge in [0.25, 0.3) is 0 Å². The monoisotopic (exact) mass is 226 g/mol. The topological polar surface area (TPSA) is 37.3 Å². The van der Waals surface area contributed by atoms with E-state index in [4.69, 9.17) is 0 Å². The first-order valence-electron chi connectivity index (χ1n) is 5.53. The quantitative estimate of drug-likeness (QED) is 0.817. The minimum atomic E-state index is -1.09. The number of ketones is 1. The van der Waals surface area contributed by atoms with Crippen molar-refractivity contribution in [1.29, 1.82) is 0 Å². The second-order valence-electron chi connectivity index (χ2n) is 3.99. The summed E-state index contributed by atoms with van der Waals surface area (Å²) in [5.41, 5.74) is 2.08. The molecular formula is C15H14O2. The first-order valence-corrected chi connectivity index (χ1v) is 5.53. The van der Waals surface area contributed by atoms with Crippen LogP contribution in [0.25, 0.3) is 0 Å². The molecule has 0 radical (unpaired) electrons. The van der Waals surface area contributed by atoms with E-state index in [0.29, 0.717) is 11.1 Å². The van der Waals surface area contributed by atoms with Crippen LogP contribution in [0.5, 0.6) is 0 Å². The maximum Gasteiger partial charge on any atom is 0.196 e. The van der Waals surface area contributed by atoms with E-state index in [1.807, 2.05) is 37.3 Å². The van der Waals surface area contributed by atoms with Crippen molar-refractivity contribution in [3.8, 4) is 0 Å². The number of aliphatic hydroxyl groups excluding tert-OH is 1. The summed E-state index contributed by atoms with van der Waals surface area (Å²) in [4.78, 5) is 12.1. The summed E-state index contributed by atoms with van der Waals surface area (Å²) in [5, 5.41) is 10.0. The second kappa shape index (κ2) is 4.93. The third kappa shape index (κ3) is 2.43. The van der Waals surface area contributed by atoms with E-state index in [2.05, 4.69) is 0 Å². The third-order valence-corrected chi connectivity index (χ3v) is 2.77.